The molecule has 5 heteroatoms. The van der Waals surface area contributed by atoms with Gasteiger partial charge >= 0.3 is 0 Å². The molecule has 0 fully saturated rings. The van der Waals surface area contributed by atoms with Crippen LogP contribution in [-0.4, -0.2) is 4.98 Å². The molecular formula is C12H10BrClN2S. The smallest absolute Gasteiger partial charge is 0.115 e. The Balaban J connectivity index is 2.10. The molecule has 0 unspecified atom stereocenters. The molecule has 2 rings (SSSR count). The van der Waals surface area contributed by atoms with Crippen LogP contribution in [0.2, 0.25) is 5.02 Å². The first-order valence-electron chi connectivity index (χ1n) is 4.94. The van der Waals surface area contributed by atoms with Gasteiger partial charge in [-0.15, -0.1) is 11.8 Å². The average Bonchev–Trinajstić information content (AvgIpc) is 2.30. The van der Waals surface area contributed by atoms with E-state index in [0.29, 0.717) is 5.02 Å². The van der Waals surface area contributed by atoms with Gasteiger partial charge in [-0.1, -0.05) is 33.6 Å². The van der Waals surface area contributed by atoms with Crippen LogP contribution >= 0.6 is 39.3 Å². The molecule has 0 bridgehead atoms. The zero-order valence-electron chi connectivity index (χ0n) is 8.86. The van der Waals surface area contributed by atoms with Crippen LogP contribution in [0, 0.1) is 0 Å². The van der Waals surface area contributed by atoms with Crippen LogP contribution in [0.5, 0.6) is 0 Å². The van der Waals surface area contributed by atoms with Crippen molar-refractivity contribution in [2.75, 3.05) is 5.73 Å². The monoisotopic (exact) mass is 328 g/mol. The number of pyridine rings is 1. The fourth-order valence-corrected chi connectivity index (χ4v) is 2.88. The lowest BCUT2D eigenvalue weighted by Gasteiger charge is -2.06. The number of halogens is 2. The third-order valence-corrected chi connectivity index (χ3v) is 4.16. The van der Waals surface area contributed by atoms with Crippen LogP contribution in [0.1, 0.15) is 5.56 Å². The molecule has 2 N–H and O–H groups in total. The van der Waals surface area contributed by atoms with Gasteiger partial charge in [0.25, 0.3) is 0 Å². The third kappa shape index (κ3) is 3.37. The van der Waals surface area contributed by atoms with E-state index < -0.39 is 0 Å². The van der Waals surface area contributed by atoms with Crippen LogP contribution in [-0.2, 0) is 5.75 Å². The van der Waals surface area contributed by atoms with Gasteiger partial charge in [0, 0.05) is 22.1 Å². The third-order valence-electron chi connectivity index (χ3n) is 2.20. The number of thioether (sulfide) groups is 1. The number of nitrogens with zero attached hydrogens (tertiary/aromatic N) is 1. The number of aromatic nitrogens is 1. The molecule has 0 atom stereocenters. The van der Waals surface area contributed by atoms with Gasteiger partial charge in [-0.2, -0.15) is 0 Å². The minimum atomic E-state index is 0.674. The minimum Gasteiger partial charge on any atom is -0.398 e. The number of anilines is 1. The molecule has 17 heavy (non-hydrogen) atoms. The maximum Gasteiger partial charge on any atom is 0.115 e. The van der Waals surface area contributed by atoms with Crippen LogP contribution in [0.3, 0.4) is 0 Å². The highest BCUT2D eigenvalue weighted by atomic mass is 79.9. The molecule has 0 saturated carbocycles. The Hall–Kier alpha value is -0.710. The fraction of sp³-hybridized carbons (Fsp3) is 0.0833. The van der Waals surface area contributed by atoms with Gasteiger partial charge in [0.15, 0.2) is 0 Å². The number of nitrogens with two attached hydrogens (primary N) is 1. The summed E-state index contributed by atoms with van der Waals surface area (Å²) >= 11 is 11.0. The van der Waals surface area contributed by atoms with Crippen LogP contribution in [0.4, 0.5) is 5.69 Å². The molecule has 1 aromatic carbocycles. The summed E-state index contributed by atoms with van der Waals surface area (Å²) in [6.07, 6.45) is 1.74. The molecule has 1 aromatic heterocycles. The summed E-state index contributed by atoms with van der Waals surface area (Å²) in [5.74, 6) is 0.760. The molecule has 1 heterocycles. The van der Waals surface area contributed by atoms with Crippen molar-refractivity contribution in [1.29, 1.82) is 0 Å². The van der Waals surface area contributed by atoms with Gasteiger partial charge in [-0.3, -0.25) is 0 Å². The Kier molecular flexibility index (Phi) is 4.31. The number of hydrogen-bond donors (Lipinski definition) is 1. The van der Waals surface area contributed by atoms with E-state index in [9.17, 15) is 0 Å². The molecule has 2 nitrogen and oxygen atoms in total. The Bertz CT molecular complexity index is 534. The van der Waals surface area contributed by atoms with Crippen molar-refractivity contribution in [2.24, 2.45) is 0 Å². The van der Waals surface area contributed by atoms with E-state index >= 15 is 0 Å². The summed E-state index contributed by atoms with van der Waals surface area (Å²) in [6.45, 7) is 0. The zero-order valence-corrected chi connectivity index (χ0v) is 12.0. The molecule has 2 aromatic rings. The van der Waals surface area contributed by atoms with Crippen molar-refractivity contribution >= 4 is 45.0 Å². The van der Waals surface area contributed by atoms with E-state index in [-0.39, 0.29) is 0 Å². The molecule has 88 valence electrons. The number of rotatable bonds is 3. The van der Waals surface area contributed by atoms with Crippen molar-refractivity contribution in [3.63, 3.8) is 0 Å². The van der Waals surface area contributed by atoms with Crippen LogP contribution in [0.15, 0.2) is 46.0 Å². The summed E-state index contributed by atoms with van der Waals surface area (Å²) in [4.78, 5) is 4.22. The van der Waals surface area contributed by atoms with Crippen molar-refractivity contribution < 1.29 is 0 Å². The first-order valence-corrected chi connectivity index (χ1v) is 7.09. The van der Waals surface area contributed by atoms with Gasteiger partial charge in [0.2, 0.25) is 0 Å². The van der Waals surface area contributed by atoms with Crippen molar-refractivity contribution in [3.8, 4) is 0 Å². The molecule has 0 amide bonds. The quantitative estimate of drug-likeness (QED) is 0.671. The maximum atomic E-state index is 6.03. The van der Waals surface area contributed by atoms with E-state index in [1.54, 1.807) is 18.0 Å². The molecule has 0 aliphatic carbocycles. The second-order valence-electron chi connectivity index (χ2n) is 3.42. The predicted octanol–water partition coefficient (Wildman–Crippen LogP) is 4.37. The number of nitrogen functional groups attached to an aromatic ring is 1. The number of benzene rings is 1. The molecular weight excluding hydrogens is 320 g/mol. The normalized spacial score (nSPS) is 10.5. The topological polar surface area (TPSA) is 38.9 Å². The Labute approximate surface area is 118 Å². The molecule has 0 aliphatic rings. The maximum absolute atomic E-state index is 6.03. The highest BCUT2D eigenvalue weighted by Gasteiger charge is 2.04. The standard InChI is InChI=1S/C12H10BrClN2S/c13-9-4-3-8(11(15)6-9)7-17-12-10(14)2-1-5-16-12/h1-6H,7,15H2. The summed E-state index contributed by atoms with van der Waals surface area (Å²) in [7, 11) is 0. The summed E-state index contributed by atoms with van der Waals surface area (Å²) < 4.78 is 0.986. The lowest BCUT2D eigenvalue weighted by Crippen LogP contribution is -1.92. The first kappa shape index (κ1) is 12.7. The predicted molar refractivity (Wildman–Crippen MR) is 77.4 cm³/mol. The first-order chi connectivity index (χ1) is 8.16. The van der Waals surface area contributed by atoms with Crippen molar-refractivity contribution in [1.82, 2.24) is 4.98 Å². The Morgan fingerprint density at radius 2 is 2.18 bits per heavy atom. The molecule has 0 saturated heterocycles. The average molecular weight is 330 g/mol. The Morgan fingerprint density at radius 3 is 2.88 bits per heavy atom. The number of hydrogen-bond acceptors (Lipinski definition) is 3. The Morgan fingerprint density at radius 1 is 1.35 bits per heavy atom. The van der Waals surface area contributed by atoms with Crippen LogP contribution < -0.4 is 5.73 Å². The fourth-order valence-electron chi connectivity index (χ4n) is 1.32. The highest BCUT2D eigenvalue weighted by Crippen LogP contribution is 2.29. The molecule has 0 aliphatic heterocycles. The highest BCUT2D eigenvalue weighted by molar-refractivity contribution is 9.10. The second-order valence-corrected chi connectivity index (χ2v) is 5.71. The van der Waals surface area contributed by atoms with Crippen molar-refractivity contribution in [3.05, 3.63) is 51.6 Å². The van der Waals surface area contributed by atoms with Gasteiger partial charge in [0.05, 0.1) is 5.02 Å². The summed E-state index contributed by atoms with van der Waals surface area (Å²) in [6, 6.07) is 9.54. The van der Waals surface area contributed by atoms with Gasteiger partial charge in [0.1, 0.15) is 5.03 Å². The lowest BCUT2D eigenvalue weighted by atomic mass is 10.2. The van der Waals surface area contributed by atoms with E-state index in [1.807, 2.05) is 30.3 Å². The van der Waals surface area contributed by atoms with E-state index in [4.69, 9.17) is 17.3 Å². The lowest BCUT2D eigenvalue weighted by molar-refractivity contribution is 1.13. The zero-order chi connectivity index (χ0) is 12.3. The van der Waals surface area contributed by atoms with E-state index in [2.05, 4.69) is 20.9 Å². The van der Waals surface area contributed by atoms with Gasteiger partial charge in [-0.05, 0) is 29.8 Å². The van der Waals surface area contributed by atoms with E-state index in [0.717, 1.165) is 26.5 Å². The van der Waals surface area contributed by atoms with Crippen molar-refractivity contribution in [2.45, 2.75) is 10.8 Å². The van der Waals surface area contributed by atoms with E-state index in [1.165, 1.54) is 0 Å². The van der Waals surface area contributed by atoms with Gasteiger partial charge in [-0.25, -0.2) is 4.98 Å². The van der Waals surface area contributed by atoms with Gasteiger partial charge < -0.3 is 5.73 Å². The second kappa shape index (κ2) is 5.76. The minimum absolute atomic E-state index is 0.674. The molecule has 0 radical (unpaired) electrons. The van der Waals surface area contributed by atoms with Crippen LogP contribution in [0.25, 0.3) is 0 Å². The SMILES string of the molecule is Nc1cc(Br)ccc1CSc1ncccc1Cl. The summed E-state index contributed by atoms with van der Waals surface area (Å²) in [5, 5.41) is 1.50. The largest absolute Gasteiger partial charge is 0.398 e. The summed E-state index contributed by atoms with van der Waals surface area (Å²) in [5.41, 5.74) is 7.79. The molecule has 0 spiro atoms.